The van der Waals surface area contributed by atoms with Gasteiger partial charge in [-0.3, -0.25) is 9.59 Å². The van der Waals surface area contributed by atoms with Crippen LogP contribution in [0.1, 0.15) is 43.0 Å². The number of carbonyl (C=O) groups is 2. The molecule has 3 heterocycles. The van der Waals surface area contributed by atoms with Crippen molar-refractivity contribution in [1.82, 2.24) is 14.8 Å². The second kappa shape index (κ2) is 9.93. The summed E-state index contributed by atoms with van der Waals surface area (Å²) in [6, 6.07) is 19.9. The minimum atomic E-state index is -0.438. The van der Waals surface area contributed by atoms with Crippen molar-refractivity contribution in [2.75, 3.05) is 16.8 Å². The maximum Gasteiger partial charge on any atom is 0.230 e. The van der Waals surface area contributed by atoms with Crippen LogP contribution in [0.5, 0.6) is 0 Å². The lowest BCUT2D eigenvalue weighted by atomic mass is 10.1. The Morgan fingerprint density at radius 2 is 1.86 bits per heavy atom. The molecule has 5 rings (SSSR count). The summed E-state index contributed by atoms with van der Waals surface area (Å²) in [5, 5.41) is 8.67. The van der Waals surface area contributed by atoms with Crippen LogP contribution in [0.3, 0.4) is 0 Å². The summed E-state index contributed by atoms with van der Waals surface area (Å²) in [4.78, 5) is 32.5. The van der Waals surface area contributed by atoms with Crippen molar-refractivity contribution in [3.05, 3.63) is 77.5 Å². The summed E-state index contributed by atoms with van der Waals surface area (Å²) >= 11 is 0. The van der Waals surface area contributed by atoms with E-state index in [-0.39, 0.29) is 18.2 Å². The number of aromatic nitrogens is 3. The summed E-state index contributed by atoms with van der Waals surface area (Å²) in [5.41, 5.74) is 4.83. The molecule has 2 amide bonds. The first-order chi connectivity index (χ1) is 17.4. The number of benzene rings is 2. The molecule has 7 nitrogen and oxygen atoms in total. The summed E-state index contributed by atoms with van der Waals surface area (Å²) in [5.74, 6) is 0.525. The minimum absolute atomic E-state index is 0.0343. The van der Waals surface area contributed by atoms with Gasteiger partial charge in [0.05, 0.1) is 17.1 Å². The number of amides is 2. The van der Waals surface area contributed by atoms with Crippen LogP contribution < -0.4 is 10.2 Å². The second-order valence-corrected chi connectivity index (χ2v) is 9.56. The normalized spacial score (nSPS) is 15.6. The first kappa shape index (κ1) is 23.7. The van der Waals surface area contributed by atoms with Crippen LogP contribution in [0.2, 0.25) is 0 Å². The van der Waals surface area contributed by atoms with Gasteiger partial charge in [0, 0.05) is 30.1 Å². The first-order valence-electron chi connectivity index (χ1n) is 12.6. The summed E-state index contributed by atoms with van der Waals surface area (Å²) in [6.07, 6.45) is 3.52. The number of pyridine rings is 1. The molecule has 1 aliphatic rings. The van der Waals surface area contributed by atoms with Gasteiger partial charge in [-0.05, 0) is 62.1 Å². The standard InChI is InChI=1S/C29H31N5O2/c1-4-5-8-21-11-13-23(14-12-21)33-18-22(17-28(33)35)29(36)31-27-16-20(3)32-34(27)26-15-19(2)24-9-6-7-10-25(24)30-26/h6-7,9-16,22H,4-5,8,17-18H2,1-3H3,(H,31,36). The van der Waals surface area contributed by atoms with E-state index in [1.165, 1.54) is 5.56 Å². The lowest BCUT2D eigenvalue weighted by Gasteiger charge is -2.17. The third kappa shape index (κ3) is 4.73. The largest absolute Gasteiger partial charge is 0.312 e. The molecule has 1 saturated heterocycles. The van der Waals surface area contributed by atoms with Crippen molar-refractivity contribution in [3.8, 4) is 5.82 Å². The molecular formula is C29H31N5O2. The Morgan fingerprint density at radius 3 is 2.64 bits per heavy atom. The maximum atomic E-state index is 13.2. The highest BCUT2D eigenvalue weighted by atomic mass is 16.2. The average Bonchev–Trinajstić information content (AvgIpc) is 3.45. The third-order valence-electron chi connectivity index (χ3n) is 6.77. The number of hydrogen-bond donors (Lipinski definition) is 1. The van der Waals surface area contributed by atoms with Crippen LogP contribution in [-0.4, -0.2) is 33.1 Å². The van der Waals surface area contributed by atoms with Crippen LogP contribution in [-0.2, 0) is 16.0 Å². The van der Waals surface area contributed by atoms with Gasteiger partial charge in [0.1, 0.15) is 5.82 Å². The van der Waals surface area contributed by atoms with E-state index in [0.717, 1.165) is 47.1 Å². The zero-order valence-electron chi connectivity index (χ0n) is 21.0. The van der Waals surface area contributed by atoms with Crippen LogP contribution in [0.4, 0.5) is 11.5 Å². The van der Waals surface area contributed by atoms with Crippen LogP contribution in [0.25, 0.3) is 16.7 Å². The van der Waals surface area contributed by atoms with Gasteiger partial charge in [-0.25, -0.2) is 4.98 Å². The predicted molar refractivity (Wildman–Crippen MR) is 142 cm³/mol. The molecule has 4 aromatic rings. The zero-order valence-corrected chi connectivity index (χ0v) is 21.0. The number of hydrogen-bond acceptors (Lipinski definition) is 4. The number of nitrogens with zero attached hydrogens (tertiary/aromatic N) is 4. The Morgan fingerprint density at radius 1 is 1.08 bits per heavy atom. The number of unbranched alkanes of at least 4 members (excludes halogenated alkanes) is 1. The number of nitrogens with one attached hydrogen (secondary N) is 1. The molecule has 2 aromatic carbocycles. The zero-order chi connectivity index (χ0) is 25.2. The molecule has 0 aliphatic carbocycles. The number of rotatable bonds is 7. The van der Waals surface area contributed by atoms with E-state index < -0.39 is 5.92 Å². The van der Waals surface area contributed by atoms with E-state index in [2.05, 4.69) is 29.5 Å². The summed E-state index contributed by atoms with van der Waals surface area (Å²) < 4.78 is 1.66. The topological polar surface area (TPSA) is 80.1 Å². The van der Waals surface area contributed by atoms with Crippen LogP contribution in [0.15, 0.2) is 60.7 Å². The number of para-hydroxylation sites is 1. The van der Waals surface area contributed by atoms with Gasteiger partial charge in [0.15, 0.2) is 5.82 Å². The van der Waals surface area contributed by atoms with Gasteiger partial charge in [0.2, 0.25) is 11.8 Å². The lowest BCUT2D eigenvalue weighted by molar-refractivity contribution is -0.122. The molecule has 1 aliphatic heterocycles. The number of aryl methyl sites for hydroxylation is 3. The SMILES string of the molecule is CCCCc1ccc(N2CC(C(=O)Nc3cc(C)nn3-c3cc(C)c4ccccc4n3)CC2=O)cc1. The monoisotopic (exact) mass is 481 g/mol. The molecule has 0 radical (unpaired) electrons. The van der Waals surface area contributed by atoms with Gasteiger partial charge in [-0.15, -0.1) is 0 Å². The predicted octanol–water partition coefficient (Wildman–Crippen LogP) is 5.37. The molecule has 1 unspecified atom stereocenters. The van der Waals surface area contributed by atoms with E-state index in [4.69, 9.17) is 4.98 Å². The summed E-state index contributed by atoms with van der Waals surface area (Å²) in [6.45, 7) is 6.46. The Bertz CT molecular complexity index is 1420. The molecule has 7 heteroatoms. The lowest BCUT2D eigenvalue weighted by Crippen LogP contribution is -2.28. The fourth-order valence-electron chi connectivity index (χ4n) is 4.79. The van der Waals surface area contributed by atoms with E-state index in [1.807, 2.05) is 62.4 Å². The van der Waals surface area contributed by atoms with Crippen molar-refractivity contribution >= 4 is 34.2 Å². The van der Waals surface area contributed by atoms with Gasteiger partial charge in [-0.2, -0.15) is 9.78 Å². The molecule has 36 heavy (non-hydrogen) atoms. The molecule has 184 valence electrons. The fraction of sp³-hybridized carbons (Fsp3) is 0.310. The molecular weight excluding hydrogens is 450 g/mol. The van der Waals surface area contributed by atoms with Crippen molar-refractivity contribution in [2.45, 2.75) is 46.5 Å². The molecule has 2 aromatic heterocycles. The highest BCUT2D eigenvalue weighted by molar-refractivity contribution is 6.03. The Labute approximate surface area is 211 Å². The maximum absolute atomic E-state index is 13.2. The number of anilines is 2. The number of carbonyl (C=O) groups excluding carboxylic acids is 2. The summed E-state index contributed by atoms with van der Waals surface area (Å²) in [7, 11) is 0. The highest BCUT2D eigenvalue weighted by Crippen LogP contribution is 2.28. The van der Waals surface area contributed by atoms with Gasteiger partial charge in [-0.1, -0.05) is 43.7 Å². The Hall–Kier alpha value is -4.00. The van der Waals surface area contributed by atoms with Crippen molar-refractivity contribution in [1.29, 1.82) is 0 Å². The van der Waals surface area contributed by atoms with Crippen molar-refractivity contribution in [2.24, 2.45) is 5.92 Å². The Balaban J connectivity index is 1.33. The molecule has 0 saturated carbocycles. The molecule has 1 atom stereocenters. The van der Waals surface area contributed by atoms with Gasteiger partial charge < -0.3 is 10.2 Å². The fourth-order valence-corrected chi connectivity index (χ4v) is 4.79. The van der Waals surface area contributed by atoms with Crippen molar-refractivity contribution < 1.29 is 9.59 Å². The van der Waals surface area contributed by atoms with Crippen molar-refractivity contribution in [3.63, 3.8) is 0 Å². The van der Waals surface area contributed by atoms with Crippen LogP contribution >= 0.6 is 0 Å². The van der Waals surface area contributed by atoms with Gasteiger partial charge in [0.25, 0.3) is 0 Å². The number of fused-ring (bicyclic) bond motifs is 1. The Kier molecular flexibility index (Phi) is 6.55. The van der Waals surface area contributed by atoms with E-state index in [0.29, 0.717) is 18.2 Å². The van der Waals surface area contributed by atoms with E-state index >= 15 is 0 Å². The quantitative estimate of drug-likeness (QED) is 0.385. The smallest absolute Gasteiger partial charge is 0.230 e. The molecule has 1 N–H and O–H groups in total. The highest BCUT2D eigenvalue weighted by Gasteiger charge is 2.35. The average molecular weight is 482 g/mol. The minimum Gasteiger partial charge on any atom is -0.312 e. The van der Waals surface area contributed by atoms with Gasteiger partial charge >= 0.3 is 0 Å². The molecule has 1 fully saturated rings. The van der Waals surface area contributed by atoms with E-state index in [9.17, 15) is 9.59 Å². The first-order valence-corrected chi connectivity index (χ1v) is 12.6. The molecule has 0 bridgehead atoms. The molecule has 0 spiro atoms. The van der Waals surface area contributed by atoms with E-state index in [1.54, 1.807) is 9.58 Å². The second-order valence-electron chi connectivity index (χ2n) is 9.56. The van der Waals surface area contributed by atoms with Crippen LogP contribution in [0, 0.1) is 19.8 Å². The third-order valence-corrected chi connectivity index (χ3v) is 6.77.